The van der Waals surface area contributed by atoms with Crippen LogP contribution in [0.2, 0.25) is 0 Å². The van der Waals surface area contributed by atoms with E-state index in [4.69, 9.17) is 0 Å². The SMILES string of the molecule is CCCCn1c(=O)c(C(=O)N2CCN([S+](C)(=O)[O-])CC2)nc2cccnc21. The summed E-state index contributed by atoms with van der Waals surface area (Å²) in [5, 5.41) is 0. The number of sulfonamides is 1. The van der Waals surface area contributed by atoms with Gasteiger partial charge in [-0.3, -0.25) is 14.2 Å². The second-order valence-corrected chi connectivity index (χ2v) is 8.55. The number of carbonyl (C=O) groups is 1. The smallest absolute Gasteiger partial charge is 0.283 e. The topological polar surface area (TPSA) is 111 Å². The summed E-state index contributed by atoms with van der Waals surface area (Å²) in [6.45, 7) is 3.37. The summed E-state index contributed by atoms with van der Waals surface area (Å²) in [7, 11) is -3.29. The molecule has 1 unspecified atom stereocenters. The number of unbranched alkanes of at least 4 members (excludes halogenated alkanes) is 1. The van der Waals surface area contributed by atoms with Crippen molar-refractivity contribution in [1.29, 1.82) is 0 Å². The maximum Gasteiger partial charge on any atom is 0.283 e. The number of piperazine rings is 1. The molecule has 146 valence electrons. The molecule has 0 saturated carbocycles. The van der Waals surface area contributed by atoms with Gasteiger partial charge in [0.05, 0.1) is 13.1 Å². The van der Waals surface area contributed by atoms with Gasteiger partial charge in [0.2, 0.25) is 0 Å². The van der Waals surface area contributed by atoms with Crippen LogP contribution in [0, 0.1) is 0 Å². The third-order valence-corrected chi connectivity index (χ3v) is 5.94. The van der Waals surface area contributed by atoms with Crippen LogP contribution in [0.4, 0.5) is 0 Å². The van der Waals surface area contributed by atoms with Gasteiger partial charge in [-0.1, -0.05) is 17.6 Å². The monoisotopic (exact) mass is 393 g/mol. The second kappa shape index (κ2) is 7.83. The molecule has 1 aliphatic heterocycles. The molecule has 0 aromatic carbocycles. The fourth-order valence-corrected chi connectivity index (χ4v) is 3.94. The minimum absolute atomic E-state index is 0.139. The molecule has 0 N–H and O–H groups in total. The van der Waals surface area contributed by atoms with Crippen molar-refractivity contribution in [3.8, 4) is 0 Å². The summed E-state index contributed by atoms with van der Waals surface area (Å²) in [5.74, 6) is -0.468. The van der Waals surface area contributed by atoms with Gasteiger partial charge in [-0.2, -0.15) is 0 Å². The van der Waals surface area contributed by atoms with E-state index in [0.717, 1.165) is 19.1 Å². The van der Waals surface area contributed by atoms with E-state index in [-0.39, 0.29) is 31.9 Å². The molecular weight excluding hydrogens is 370 g/mol. The second-order valence-electron chi connectivity index (χ2n) is 6.57. The molecule has 0 radical (unpaired) electrons. The van der Waals surface area contributed by atoms with Crippen molar-refractivity contribution in [3.63, 3.8) is 0 Å². The lowest BCUT2D eigenvalue weighted by Crippen LogP contribution is -2.52. The van der Waals surface area contributed by atoms with Crippen molar-refractivity contribution < 1.29 is 13.6 Å². The van der Waals surface area contributed by atoms with Gasteiger partial charge in [0, 0.05) is 25.8 Å². The first-order valence-corrected chi connectivity index (χ1v) is 10.8. The Labute approximate surface area is 158 Å². The maximum atomic E-state index is 12.9. The molecule has 10 heteroatoms. The summed E-state index contributed by atoms with van der Waals surface area (Å²) in [6, 6.07) is 3.44. The standard InChI is InChI=1S/C17H23N5O4S/c1-3-4-8-22-15-13(6-5-7-18-15)19-14(17(22)24)16(23)20-9-11-21(12-10-20)27(2,25)26/h5-7H,3-4,8-12H2,1-2H3. The lowest BCUT2D eigenvalue weighted by Gasteiger charge is -2.34. The average Bonchev–Trinajstić information content (AvgIpc) is 2.66. The number of fused-ring (bicyclic) bond motifs is 1. The number of amides is 1. The van der Waals surface area contributed by atoms with Crippen molar-refractivity contribution >= 4 is 27.5 Å². The normalized spacial score (nSPS) is 17.8. The molecule has 1 fully saturated rings. The lowest BCUT2D eigenvalue weighted by atomic mass is 10.2. The fourth-order valence-electron chi connectivity index (χ4n) is 3.11. The van der Waals surface area contributed by atoms with Gasteiger partial charge in [-0.25, -0.2) is 9.97 Å². The molecule has 9 nitrogen and oxygen atoms in total. The van der Waals surface area contributed by atoms with Crippen molar-refractivity contribution in [2.24, 2.45) is 0 Å². The zero-order chi connectivity index (χ0) is 19.6. The number of aromatic nitrogens is 3. The molecule has 1 aliphatic rings. The van der Waals surface area contributed by atoms with E-state index in [1.807, 2.05) is 6.92 Å². The van der Waals surface area contributed by atoms with Crippen LogP contribution in [0.3, 0.4) is 0 Å². The van der Waals surface area contributed by atoms with E-state index in [2.05, 4.69) is 9.97 Å². The van der Waals surface area contributed by atoms with Crippen molar-refractivity contribution in [1.82, 2.24) is 23.7 Å². The van der Waals surface area contributed by atoms with E-state index in [1.54, 1.807) is 18.3 Å². The van der Waals surface area contributed by atoms with Gasteiger partial charge in [0.1, 0.15) is 22.2 Å². The summed E-state index contributed by atoms with van der Waals surface area (Å²) in [6.07, 6.45) is 4.43. The van der Waals surface area contributed by atoms with E-state index in [9.17, 15) is 18.4 Å². The highest BCUT2D eigenvalue weighted by molar-refractivity contribution is 7.94. The molecule has 3 heterocycles. The first kappa shape index (κ1) is 19.6. The fraction of sp³-hybridized carbons (Fsp3) is 0.529. The molecule has 2 aromatic rings. The Bertz CT molecular complexity index is 946. The van der Waals surface area contributed by atoms with Crippen LogP contribution in [0.15, 0.2) is 23.1 Å². The highest BCUT2D eigenvalue weighted by Gasteiger charge is 2.31. The minimum Gasteiger partial charge on any atom is -0.598 e. The zero-order valence-electron chi connectivity index (χ0n) is 15.5. The Hall–Kier alpha value is -2.17. The Morgan fingerprint density at radius 3 is 2.63 bits per heavy atom. The quantitative estimate of drug-likeness (QED) is 0.685. The first-order valence-electron chi connectivity index (χ1n) is 8.93. The molecule has 3 rings (SSSR count). The summed E-state index contributed by atoms with van der Waals surface area (Å²) in [5.41, 5.74) is 0.366. The van der Waals surface area contributed by atoms with Crippen LogP contribution in [0.25, 0.3) is 11.2 Å². The number of hydrogen-bond acceptors (Lipinski definition) is 6. The summed E-state index contributed by atoms with van der Waals surface area (Å²) < 4.78 is 26.1. The summed E-state index contributed by atoms with van der Waals surface area (Å²) >= 11 is 0. The number of aryl methyl sites for hydroxylation is 1. The molecule has 0 aliphatic carbocycles. The van der Waals surface area contributed by atoms with Gasteiger partial charge < -0.3 is 9.45 Å². The van der Waals surface area contributed by atoms with E-state index < -0.39 is 21.9 Å². The average molecular weight is 393 g/mol. The van der Waals surface area contributed by atoms with Crippen LogP contribution >= 0.6 is 0 Å². The number of carbonyl (C=O) groups excluding carboxylic acids is 1. The number of rotatable bonds is 5. The molecule has 0 bridgehead atoms. The maximum absolute atomic E-state index is 12.9. The molecule has 2 aromatic heterocycles. The lowest BCUT2D eigenvalue weighted by molar-refractivity contribution is 0.0685. The molecule has 27 heavy (non-hydrogen) atoms. The van der Waals surface area contributed by atoms with Crippen LogP contribution in [0.5, 0.6) is 0 Å². The van der Waals surface area contributed by atoms with Crippen LogP contribution in [0.1, 0.15) is 30.3 Å². The van der Waals surface area contributed by atoms with Gasteiger partial charge in [0.25, 0.3) is 11.5 Å². The molecule has 1 amide bonds. The molecule has 1 atom stereocenters. The molecule has 0 spiro atoms. The van der Waals surface area contributed by atoms with Gasteiger partial charge in [-0.15, -0.1) is 4.31 Å². The van der Waals surface area contributed by atoms with Crippen LogP contribution in [-0.2, 0) is 21.2 Å². The van der Waals surface area contributed by atoms with Gasteiger partial charge in [-0.05, 0) is 18.6 Å². The third-order valence-electron chi connectivity index (χ3n) is 4.63. The number of hydrogen-bond donors (Lipinski definition) is 0. The minimum atomic E-state index is -3.29. The Balaban J connectivity index is 1.92. The Morgan fingerprint density at radius 1 is 1.30 bits per heavy atom. The van der Waals surface area contributed by atoms with E-state index >= 15 is 0 Å². The number of pyridine rings is 1. The highest BCUT2D eigenvalue weighted by Crippen LogP contribution is 2.13. The Kier molecular flexibility index (Phi) is 5.68. The van der Waals surface area contributed by atoms with Gasteiger partial charge >= 0.3 is 0 Å². The highest BCUT2D eigenvalue weighted by atomic mass is 32.3. The Morgan fingerprint density at radius 2 is 2.00 bits per heavy atom. The molecule has 1 saturated heterocycles. The van der Waals surface area contributed by atoms with Crippen molar-refractivity contribution in [2.75, 3.05) is 32.4 Å². The third kappa shape index (κ3) is 4.07. The van der Waals surface area contributed by atoms with Crippen LogP contribution < -0.4 is 5.56 Å². The molecular formula is C17H23N5O4S. The van der Waals surface area contributed by atoms with Crippen molar-refractivity contribution in [3.05, 3.63) is 34.4 Å². The predicted molar refractivity (Wildman–Crippen MR) is 101 cm³/mol. The predicted octanol–water partition coefficient (Wildman–Crippen LogP) is 0.524. The van der Waals surface area contributed by atoms with E-state index in [0.29, 0.717) is 17.7 Å². The van der Waals surface area contributed by atoms with Crippen molar-refractivity contribution in [2.45, 2.75) is 26.3 Å². The number of nitrogens with zero attached hydrogens (tertiary/aromatic N) is 5. The van der Waals surface area contributed by atoms with Crippen LogP contribution in [-0.4, -0.2) is 66.6 Å². The largest absolute Gasteiger partial charge is 0.598 e. The first-order chi connectivity index (χ1) is 12.8. The summed E-state index contributed by atoms with van der Waals surface area (Å²) in [4.78, 5) is 35.8. The van der Waals surface area contributed by atoms with E-state index in [1.165, 1.54) is 13.8 Å². The zero-order valence-corrected chi connectivity index (χ0v) is 16.3. The van der Waals surface area contributed by atoms with Gasteiger partial charge in [0.15, 0.2) is 11.3 Å².